The molecule has 1 unspecified atom stereocenters. The van der Waals surface area contributed by atoms with Crippen LogP contribution in [0.25, 0.3) is 0 Å². The molecule has 144 valence electrons. The lowest BCUT2D eigenvalue weighted by atomic mass is 9.97. The van der Waals surface area contributed by atoms with Gasteiger partial charge in [0.25, 0.3) is 5.91 Å². The highest BCUT2D eigenvalue weighted by atomic mass is 19.4. The molecule has 1 amide bonds. The van der Waals surface area contributed by atoms with Crippen molar-refractivity contribution in [3.63, 3.8) is 0 Å². The fraction of sp³-hybridized carbons (Fsp3) is 0.500. The zero-order chi connectivity index (χ0) is 19.2. The number of rotatable bonds is 5. The molecule has 0 radical (unpaired) electrons. The van der Waals surface area contributed by atoms with E-state index in [4.69, 9.17) is 0 Å². The van der Waals surface area contributed by atoms with Crippen molar-refractivity contribution in [2.24, 2.45) is 0 Å². The lowest BCUT2D eigenvalue weighted by Gasteiger charge is -2.45. The van der Waals surface area contributed by atoms with Crippen LogP contribution in [-0.2, 0) is 0 Å². The quantitative estimate of drug-likeness (QED) is 0.868. The minimum atomic E-state index is -4.38. The van der Waals surface area contributed by atoms with E-state index in [1.165, 1.54) is 11.0 Å². The highest BCUT2D eigenvalue weighted by Gasteiger charge is 2.48. The third-order valence-corrected chi connectivity index (χ3v) is 4.94. The van der Waals surface area contributed by atoms with E-state index in [0.717, 1.165) is 18.4 Å². The smallest absolute Gasteiger partial charge is 0.345 e. The highest BCUT2D eigenvalue weighted by molar-refractivity contribution is 5.92. The van der Waals surface area contributed by atoms with Crippen LogP contribution in [0.1, 0.15) is 46.5 Å². The van der Waals surface area contributed by atoms with Gasteiger partial charge in [0.1, 0.15) is 6.04 Å². The molecular weight excluding hydrogens is 359 g/mol. The van der Waals surface area contributed by atoms with Crippen LogP contribution in [0.3, 0.4) is 0 Å². The molecule has 9 heteroatoms. The topological polar surface area (TPSA) is 63.1 Å². The first-order valence-corrected chi connectivity index (χ1v) is 8.91. The van der Waals surface area contributed by atoms with Crippen molar-refractivity contribution in [3.05, 3.63) is 47.3 Å². The molecule has 1 aromatic heterocycles. The minimum Gasteiger partial charge on any atom is -0.345 e. The Morgan fingerprint density at radius 3 is 2.67 bits per heavy atom. The number of hydrogen-bond donors (Lipinski definition) is 1. The molecule has 2 fully saturated rings. The van der Waals surface area contributed by atoms with Crippen molar-refractivity contribution in [1.29, 1.82) is 0 Å². The average Bonchev–Trinajstić information content (AvgIpc) is 3.28. The van der Waals surface area contributed by atoms with Gasteiger partial charge in [-0.1, -0.05) is 35.0 Å². The first kappa shape index (κ1) is 18.0. The Labute approximate surface area is 154 Å². The SMILES string of the molecule is Cc1cccc(C(N2CC(NC(=O)c3cn(C4CC4)nn3)C2)C(F)(F)F)c1. The van der Waals surface area contributed by atoms with Gasteiger partial charge in [-0.05, 0) is 25.3 Å². The van der Waals surface area contributed by atoms with Gasteiger partial charge in [-0.3, -0.25) is 9.69 Å². The molecule has 1 atom stereocenters. The van der Waals surface area contributed by atoms with Crippen LogP contribution < -0.4 is 5.32 Å². The summed E-state index contributed by atoms with van der Waals surface area (Å²) < 4.78 is 42.5. The van der Waals surface area contributed by atoms with Crippen molar-refractivity contribution >= 4 is 5.91 Å². The van der Waals surface area contributed by atoms with Crippen molar-refractivity contribution in [1.82, 2.24) is 25.2 Å². The van der Waals surface area contributed by atoms with Gasteiger partial charge < -0.3 is 5.32 Å². The van der Waals surface area contributed by atoms with Crippen molar-refractivity contribution in [2.45, 2.75) is 44.1 Å². The third-order valence-electron chi connectivity index (χ3n) is 4.94. The van der Waals surface area contributed by atoms with Crippen LogP contribution in [0.5, 0.6) is 0 Å². The number of alkyl halides is 3. The summed E-state index contributed by atoms with van der Waals surface area (Å²) in [6.45, 7) is 2.05. The molecule has 1 saturated heterocycles. The maximum absolute atomic E-state index is 13.6. The minimum absolute atomic E-state index is 0.140. The Bertz CT molecular complexity index is 840. The van der Waals surface area contributed by atoms with Gasteiger partial charge >= 0.3 is 6.18 Å². The lowest BCUT2D eigenvalue weighted by molar-refractivity contribution is -0.198. The van der Waals surface area contributed by atoms with Gasteiger partial charge in [-0.2, -0.15) is 13.2 Å². The molecule has 1 N–H and O–H groups in total. The number of amides is 1. The third kappa shape index (κ3) is 3.83. The second-order valence-corrected chi connectivity index (χ2v) is 7.30. The van der Waals surface area contributed by atoms with Gasteiger partial charge in [0.05, 0.1) is 18.3 Å². The van der Waals surface area contributed by atoms with E-state index >= 15 is 0 Å². The monoisotopic (exact) mass is 379 g/mol. The Hall–Kier alpha value is -2.42. The van der Waals surface area contributed by atoms with E-state index in [9.17, 15) is 18.0 Å². The molecule has 1 aromatic carbocycles. The number of hydrogen-bond acceptors (Lipinski definition) is 4. The molecule has 4 rings (SSSR count). The number of halogens is 3. The predicted octanol–water partition coefficient (Wildman–Crippen LogP) is 2.64. The first-order valence-electron chi connectivity index (χ1n) is 8.91. The second kappa shape index (κ2) is 6.63. The van der Waals surface area contributed by atoms with E-state index in [2.05, 4.69) is 15.6 Å². The Kier molecular flexibility index (Phi) is 4.41. The van der Waals surface area contributed by atoms with Crippen LogP contribution in [0.2, 0.25) is 0 Å². The van der Waals surface area contributed by atoms with Gasteiger partial charge in [-0.25, -0.2) is 4.68 Å². The van der Waals surface area contributed by atoms with Crippen LogP contribution in [0.15, 0.2) is 30.5 Å². The number of benzene rings is 1. The fourth-order valence-corrected chi connectivity index (χ4v) is 3.42. The van der Waals surface area contributed by atoms with Crippen molar-refractivity contribution < 1.29 is 18.0 Å². The van der Waals surface area contributed by atoms with Gasteiger partial charge in [0.15, 0.2) is 5.69 Å². The van der Waals surface area contributed by atoms with E-state index in [1.807, 2.05) is 0 Å². The Balaban J connectivity index is 1.38. The molecule has 0 spiro atoms. The van der Waals surface area contributed by atoms with E-state index in [-0.39, 0.29) is 30.4 Å². The summed E-state index contributed by atoms with van der Waals surface area (Å²) in [6, 6.07) is 4.77. The van der Waals surface area contributed by atoms with Crippen LogP contribution in [0, 0.1) is 6.92 Å². The van der Waals surface area contributed by atoms with Gasteiger partial charge in [0.2, 0.25) is 0 Å². The first-order chi connectivity index (χ1) is 12.8. The number of likely N-dealkylation sites (tertiary alicyclic amines) is 1. The summed E-state index contributed by atoms with van der Waals surface area (Å²) in [6.07, 6.45) is -0.732. The average molecular weight is 379 g/mol. The van der Waals surface area contributed by atoms with Gasteiger partial charge in [0, 0.05) is 13.1 Å². The number of nitrogens with one attached hydrogen (secondary N) is 1. The normalized spacial score (nSPS) is 19.6. The Morgan fingerprint density at radius 1 is 1.30 bits per heavy atom. The summed E-state index contributed by atoms with van der Waals surface area (Å²) >= 11 is 0. The zero-order valence-electron chi connectivity index (χ0n) is 14.8. The largest absolute Gasteiger partial charge is 0.408 e. The highest BCUT2D eigenvalue weighted by Crippen LogP contribution is 2.40. The molecule has 2 aliphatic rings. The molecular formula is C18H20F3N5O. The van der Waals surface area contributed by atoms with E-state index in [0.29, 0.717) is 6.04 Å². The maximum Gasteiger partial charge on any atom is 0.408 e. The van der Waals surface area contributed by atoms with Crippen LogP contribution in [0.4, 0.5) is 13.2 Å². The second-order valence-electron chi connectivity index (χ2n) is 7.30. The molecule has 2 heterocycles. The summed E-state index contributed by atoms with van der Waals surface area (Å²) in [5.41, 5.74) is 1.21. The van der Waals surface area contributed by atoms with Crippen molar-refractivity contribution in [2.75, 3.05) is 13.1 Å². The summed E-state index contributed by atoms with van der Waals surface area (Å²) in [4.78, 5) is 13.6. The van der Waals surface area contributed by atoms with Crippen LogP contribution >= 0.6 is 0 Å². The standard InChI is InChI=1S/C18H20F3N5O/c1-11-3-2-4-12(7-11)16(18(19,20)21)25-8-13(9-25)22-17(27)15-10-26(24-23-15)14-5-6-14/h2-4,7,10,13-14,16H,5-6,8-9H2,1H3,(H,22,27). The number of aryl methyl sites for hydroxylation is 1. The summed E-state index contributed by atoms with van der Waals surface area (Å²) in [5, 5.41) is 10.5. The molecule has 2 aromatic rings. The summed E-state index contributed by atoms with van der Waals surface area (Å²) in [7, 11) is 0. The maximum atomic E-state index is 13.6. The van der Waals surface area contributed by atoms with E-state index in [1.54, 1.807) is 36.0 Å². The molecule has 1 saturated carbocycles. The van der Waals surface area contributed by atoms with Gasteiger partial charge in [-0.15, -0.1) is 5.10 Å². The number of aromatic nitrogens is 3. The molecule has 27 heavy (non-hydrogen) atoms. The summed E-state index contributed by atoms with van der Waals surface area (Å²) in [5.74, 6) is -0.398. The van der Waals surface area contributed by atoms with Crippen molar-refractivity contribution in [3.8, 4) is 0 Å². The fourth-order valence-electron chi connectivity index (χ4n) is 3.42. The molecule has 1 aliphatic heterocycles. The molecule has 0 bridgehead atoms. The lowest BCUT2D eigenvalue weighted by Crippen LogP contribution is -2.61. The molecule has 1 aliphatic carbocycles. The molecule has 6 nitrogen and oxygen atoms in total. The van der Waals surface area contributed by atoms with E-state index < -0.39 is 18.1 Å². The Morgan fingerprint density at radius 2 is 2.04 bits per heavy atom. The zero-order valence-corrected chi connectivity index (χ0v) is 14.8. The van der Waals surface area contributed by atoms with Crippen LogP contribution in [-0.4, -0.2) is 51.1 Å². The number of carbonyl (C=O) groups excluding carboxylic acids is 1. The number of carbonyl (C=O) groups is 1. The predicted molar refractivity (Wildman–Crippen MR) is 91.1 cm³/mol. The number of nitrogens with zero attached hydrogens (tertiary/aromatic N) is 4.